The first-order valence-corrected chi connectivity index (χ1v) is 11.5. The highest BCUT2D eigenvalue weighted by molar-refractivity contribution is 7.98. The fourth-order valence-corrected chi connectivity index (χ4v) is 4.22. The van der Waals surface area contributed by atoms with Crippen LogP contribution in [-0.2, 0) is 5.75 Å². The first kappa shape index (κ1) is 21.3. The predicted molar refractivity (Wildman–Crippen MR) is 125 cm³/mol. The molecule has 10 heteroatoms. The van der Waals surface area contributed by atoms with Gasteiger partial charge in [-0.25, -0.2) is 0 Å². The Balaban J connectivity index is 1.47. The van der Waals surface area contributed by atoms with Gasteiger partial charge >= 0.3 is 0 Å². The van der Waals surface area contributed by atoms with Crippen molar-refractivity contribution in [2.24, 2.45) is 0 Å². The summed E-state index contributed by atoms with van der Waals surface area (Å²) in [6, 6.07) is 18.8. The van der Waals surface area contributed by atoms with Crippen LogP contribution in [0.5, 0.6) is 5.75 Å². The van der Waals surface area contributed by atoms with Crippen LogP contribution >= 0.6 is 23.4 Å². The molecule has 5 rings (SSSR count). The Kier molecular flexibility index (Phi) is 6.14. The average Bonchev–Trinajstić information content (AvgIpc) is 3.59. The van der Waals surface area contributed by atoms with Crippen molar-refractivity contribution in [3.05, 3.63) is 77.8 Å². The monoisotopic (exact) mass is 479 g/mol. The van der Waals surface area contributed by atoms with Crippen molar-refractivity contribution in [3.8, 4) is 34.5 Å². The Morgan fingerprint density at radius 2 is 1.82 bits per heavy atom. The van der Waals surface area contributed by atoms with Crippen LogP contribution in [0.2, 0.25) is 5.02 Å². The van der Waals surface area contributed by atoms with E-state index in [0.717, 1.165) is 17.0 Å². The summed E-state index contributed by atoms with van der Waals surface area (Å²) in [7, 11) is 0. The van der Waals surface area contributed by atoms with Gasteiger partial charge in [-0.05, 0) is 55.5 Å². The minimum atomic E-state index is 0.334. The second-order valence-corrected chi connectivity index (χ2v) is 8.16. The Bertz CT molecular complexity index is 1350. The molecule has 0 aliphatic carbocycles. The zero-order valence-corrected chi connectivity index (χ0v) is 19.1. The summed E-state index contributed by atoms with van der Waals surface area (Å²) in [5.74, 6) is 3.14. The van der Waals surface area contributed by atoms with Crippen molar-refractivity contribution in [1.82, 2.24) is 25.0 Å². The summed E-state index contributed by atoms with van der Waals surface area (Å²) in [6.45, 7) is 2.55. The van der Waals surface area contributed by atoms with Gasteiger partial charge in [0.05, 0.1) is 23.6 Å². The third-order valence-electron chi connectivity index (χ3n) is 4.68. The fourth-order valence-electron chi connectivity index (χ4n) is 3.21. The van der Waals surface area contributed by atoms with E-state index >= 15 is 0 Å². The smallest absolute Gasteiger partial charge is 0.283 e. The summed E-state index contributed by atoms with van der Waals surface area (Å²) in [5, 5.41) is 18.3. The number of ether oxygens (including phenoxy) is 1. The molecule has 0 saturated carbocycles. The molecule has 2 aromatic carbocycles. The van der Waals surface area contributed by atoms with E-state index in [9.17, 15) is 0 Å². The molecule has 0 fully saturated rings. The molecular formula is C23H18ClN5O3S. The van der Waals surface area contributed by atoms with Gasteiger partial charge in [-0.2, -0.15) is 0 Å². The molecule has 0 N–H and O–H groups in total. The molecule has 0 amide bonds. The van der Waals surface area contributed by atoms with Crippen LogP contribution in [0.4, 0.5) is 0 Å². The maximum atomic E-state index is 6.47. The molecule has 3 aromatic heterocycles. The van der Waals surface area contributed by atoms with Gasteiger partial charge in [0.25, 0.3) is 5.89 Å². The summed E-state index contributed by atoms with van der Waals surface area (Å²) in [4.78, 5) is 0. The number of benzene rings is 2. The lowest BCUT2D eigenvalue weighted by Crippen LogP contribution is -2.01. The molecule has 0 bridgehead atoms. The minimum Gasteiger partial charge on any atom is -0.494 e. The van der Waals surface area contributed by atoms with Gasteiger partial charge in [0.2, 0.25) is 5.89 Å². The number of hydrogen-bond donors (Lipinski definition) is 0. The number of hydrogen-bond acceptors (Lipinski definition) is 8. The first-order valence-electron chi connectivity index (χ1n) is 10.2. The van der Waals surface area contributed by atoms with E-state index in [4.69, 9.17) is 25.2 Å². The molecule has 3 heterocycles. The second-order valence-electron chi connectivity index (χ2n) is 6.82. The maximum Gasteiger partial charge on any atom is 0.283 e. The van der Waals surface area contributed by atoms with Crippen LogP contribution in [-0.4, -0.2) is 31.6 Å². The topological polar surface area (TPSA) is 92.0 Å². The van der Waals surface area contributed by atoms with Gasteiger partial charge in [0, 0.05) is 11.3 Å². The summed E-state index contributed by atoms with van der Waals surface area (Å²) >= 11 is 7.90. The van der Waals surface area contributed by atoms with Gasteiger partial charge in [-0.3, -0.25) is 4.57 Å². The number of thioether (sulfide) groups is 1. The normalized spacial score (nSPS) is 11.1. The lowest BCUT2D eigenvalue weighted by molar-refractivity contribution is 0.340. The highest BCUT2D eigenvalue weighted by Gasteiger charge is 2.19. The second kappa shape index (κ2) is 9.51. The minimum absolute atomic E-state index is 0.334. The van der Waals surface area contributed by atoms with Crippen molar-refractivity contribution in [1.29, 1.82) is 0 Å². The van der Waals surface area contributed by atoms with E-state index in [2.05, 4.69) is 20.4 Å². The van der Waals surface area contributed by atoms with Gasteiger partial charge in [-0.1, -0.05) is 35.5 Å². The molecule has 0 atom stereocenters. The predicted octanol–water partition coefficient (Wildman–Crippen LogP) is 5.92. The molecule has 0 aliphatic rings. The SMILES string of the molecule is CCOc1ccc(-n2c(SCc3nnc(-c4ccco4)o3)nnc2-c2ccccc2Cl)cc1. The molecule has 0 aliphatic heterocycles. The molecule has 33 heavy (non-hydrogen) atoms. The number of rotatable bonds is 8. The zero-order valence-electron chi connectivity index (χ0n) is 17.5. The van der Waals surface area contributed by atoms with Crippen LogP contribution in [0.15, 0.2) is 80.9 Å². The van der Waals surface area contributed by atoms with Crippen LogP contribution in [0.25, 0.3) is 28.7 Å². The molecule has 166 valence electrons. The van der Waals surface area contributed by atoms with Crippen molar-refractivity contribution in [3.63, 3.8) is 0 Å². The number of furan rings is 1. The van der Waals surface area contributed by atoms with E-state index in [0.29, 0.717) is 45.9 Å². The third-order valence-corrected chi connectivity index (χ3v) is 5.92. The largest absolute Gasteiger partial charge is 0.494 e. The van der Waals surface area contributed by atoms with E-state index in [-0.39, 0.29) is 0 Å². The van der Waals surface area contributed by atoms with Crippen molar-refractivity contribution < 1.29 is 13.6 Å². The molecular weight excluding hydrogens is 462 g/mol. The van der Waals surface area contributed by atoms with E-state index in [1.54, 1.807) is 18.4 Å². The fraction of sp³-hybridized carbons (Fsp3) is 0.130. The Morgan fingerprint density at radius 3 is 2.58 bits per heavy atom. The lowest BCUT2D eigenvalue weighted by atomic mass is 10.2. The highest BCUT2D eigenvalue weighted by Crippen LogP contribution is 2.33. The van der Waals surface area contributed by atoms with Gasteiger partial charge in [-0.15, -0.1) is 20.4 Å². The maximum absolute atomic E-state index is 6.47. The molecule has 0 saturated heterocycles. The lowest BCUT2D eigenvalue weighted by Gasteiger charge is -2.12. The molecule has 8 nitrogen and oxygen atoms in total. The number of nitrogens with zero attached hydrogens (tertiary/aromatic N) is 5. The summed E-state index contributed by atoms with van der Waals surface area (Å²) in [6.07, 6.45) is 1.56. The molecule has 0 radical (unpaired) electrons. The van der Waals surface area contributed by atoms with Gasteiger partial charge in [0.1, 0.15) is 5.75 Å². The summed E-state index contributed by atoms with van der Waals surface area (Å²) < 4.78 is 18.6. The van der Waals surface area contributed by atoms with Crippen LogP contribution in [0.3, 0.4) is 0 Å². The number of aromatic nitrogens is 5. The van der Waals surface area contributed by atoms with Crippen LogP contribution < -0.4 is 4.74 Å². The number of halogens is 1. The Morgan fingerprint density at radius 1 is 0.970 bits per heavy atom. The quantitative estimate of drug-likeness (QED) is 0.253. The van der Waals surface area contributed by atoms with E-state index in [1.807, 2.05) is 60.0 Å². The Hall–Kier alpha value is -3.56. The summed E-state index contributed by atoms with van der Waals surface area (Å²) in [5.41, 5.74) is 1.66. The van der Waals surface area contributed by atoms with Crippen molar-refractivity contribution in [2.75, 3.05) is 6.61 Å². The first-order chi connectivity index (χ1) is 16.2. The molecule has 0 unspecified atom stereocenters. The van der Waals surface area contributed by atoms with Crippen molar-refractivity contribution in [2.45, 2.75) is 17.8 Å². The van der Waals surface area contributed by atoms with Gasteiger partial charge in [0.15, 0.2) is 16.7 Å². The standard InChI is InChI=1S/C23H18ClN5O3S/c1-2-30-16-11-9-15(10-12-16)29-21(17-6-3-4-7-18(17)24)26-28-23(29)33-14-20-25-27-22(32-20)19-8-5-13-31-19/h3-13H,2,14H2,1H3. The van der Waals surface area contributed by atoms with Crippen LogP contribution in [0.1, 0.15) is 12.8 Å². The zero-order chi connectivity index (χ0) is 22.6. The third kappa shape index (κ3) is 4.50. The van der Waals surface area contributed by atoms with Crippen LogP contribution in [0, 0.1) is 0 Å². The molecule has 5 aromatic rings. The highest BCUT2D eigenvalue weighted by atomic mass is 35.5. The average molecular weight is 480 g/mol. The van der Waals surface area contributed by atoms with E-state index < -0.39 is 0 Å². The van der Waals surface area contributed by atoms with Gasteiger partial charge < -0.3 is 13.6 Å². The Labute approximate surface area is 198 Å². The van der Waals surface area contributed by atoms with Crippen molar-refractivity contribution >= 4 is 23.4 Å². The molecule has 0 spiro atoms. The van der Waals surface area contributed by atoms with E-state index in [1.165, 1.54) is 11.8 Å².